The number of ether oxygens (including phenoxy) is 3. The van der Waals surface area contributed by atoms with Crippen molar-refractivity contribution in [2.24, 2.45) is 5.92 Å². The minimum Gasteiger partial charge on any atom is -0.493 e. The summed E-state index contributed by atoms with van der Waals surface area (Å²) in [7, 11) is -3.61. The van der Waals surface area contributed by atoms with Gasteiger partial charge in [0.05, 0.1) is 25.2 Å². The van der Waals surface area contributed by atoms with E-state index < -0.39 is 30.1 Å². The molecule has 0 spiro atoms. The van der Waals surface area contributed by atoms with Crippen molar-refractivity contribution in [1.82, 2.24) is 9.62 Å². The van der Waals surface area contributed by atoms with Crippen LogP contribution in [0.25, 0.3) is 0 Å². The van der Waals surface area contributed by atoms with Crippen LogP contribution < -0.4 is 14.8 Å². The van der Waals surface area contributed by atoms with Crippen LogP contribution in [-0.4, -0.2) is 70.7 Å². The van der Waals surface area contributed by atoms with Crippen LogP contribution in [0.1, 0.15) is 60.5 Å². The lowest BCUT2D eigenvalue weighted by atomic mass is 10.2. The van der Waals surface area contributed by atoms with E-state index in [1.807, 2.05) is 45.9 Å². The normalized spacial score (nSPS) is 11.7. The van der Waals surface area contributed by atoms with Gasteiger partial charge in [-0.15, -0.1) is 0 Å². The molecule has 0 bridgehead atoms. The smallest absolute Gasteiger partial charge is 0.407 e. The van der Waals surface area contributed by atoms with Crippen molar-refractivity contribution < 1.29 is 36.5 Å². The number of benzene rings is 2. The molecule has 2 aromatic carbocycles. The van der Waals surface area contributed by atoms with E-state index in [1.165, 1.54) is 29.1 Å². The molecule has 0 saturated carbocycles. The molecule has 12 heteroatoms. The number of hydrogen-bond acceptors (Lipinski definition) is 8. The quantitative estimate of drug-likeness (QED) is 0.154. The van der Waals surface area contributed by atoms with Gasteiger partial charge in [0.15, 0.2) is 17.8 Å². The first-order chi connectivity index (χ1) is 20.2. The number of nitrogens with zero attached hydrogens (tertiary/aromatic N) is 1. The monoisotopic (exact) mass is 642 g/mol. The third-order valence-electron chi connectivity index (χ3n) is 5.41. The second-order valence-electron chi connectivity index (χ2n) is 10.9. The zero-order chi connectivity index (χ0) is 32.5. The van der Waals surface area contributed by atoms with Crippen LogP contribution in [0, 0.1) is 12.8 Å². The molecule has 0 aliphatic heterocycles. The zero-order valence-corrected chi connectivity index (χ0v) is 28.9. The van der Waals surface area contributed by atoms with E-state index in [9.17, 15) is 13.2 Å². The van der Waals surface area contributed by atoms with Gasteiger partial charge in [-0.25, -0.2) is 13.2 Å². The number of rotatable bonds is 16. The molecule has 2 rings (SSSR count). The van der Waals surface area contributed by atoms with Gasteiger partial charge in [-0.2, -0.15) is 4.31 Å². The highest BCUT2D eigenvalue weighted by Crippen LogP contribution is 2.40. The maximum Gasteiger partial charge on any atom is 0.407 e. The highest BCUT2D eigenvalue weighted by atomic mass is 32.2. The molecule has 1 amide bonds. The molecule has 43 heavy (non-hydrogen) atoms. The standard InChI is InChI=1S/C24H43N2O8PS.C7H8/c1-9-32-35(33-10-2)18-31-22-16-20(12-13-21(22)30-8)36(28,29)26(17-19(3)4)15-11-14-25-23(27)34-24(5,6)7;1-7-5-3-2-4-6-7/h12-13,16,19H,9-11,14-15,17-18H2,1-8H3,(H,25,27);2-6H,1H3. The minimum absolute atomic E-state index is 0.0937. The van der Waals surface area contributed by atoms with Crippen LogP contribution in [0.5, 0.6) is 11.5 Å². The Morgan fingerprint density at radius 3 is 2.12 bits per heavy atom. The van der Waals surface area contributed by atoms with Gasteiger partial charge in [-0.3, -0.25) is 0 Å². The van der Waals surface area contributed by atoms with E-state index in [0.717, 1.165) is 0 Å². The fourth-order valence-corrected chi connectivity index (χ4v) is 6.31. The molecule has 0 saturated heterocycles. The van der Waals surface area contributed by atoms with Crippen LogP contribution in [0.15, 0.2) is 53.4 Å². The van der Waals surface area contributed by atoms with Crippen molar-refractivity contribution in [2.75, 3.05) is 46.3 Å². The van der Waals surface area contributed by atoms with Gasteiger partial charge in [0, 0.05) is 25.7 Å². The number of methoxy groups -OCH3 is 1. The first-order valence-electron chi connectivity index (χ1n) is 14.6. The lowest BCUT2D eigenvalue weighted by Gasteiger charge is -2.25. The summed E-state index contributed by atoms with van der Waals surface area (Å²) < 4.78 is 56.1. The molecule has 2 aromatic rings. The Hall–Kier alpha value is -2.43. The Kier molecular flexibility index (Phi) is 17.7. The van der Waals surface area contributed by atoms with E-state index in [0.29, 0.717) is 37.7 Å². The number of nitrogens with one attached hydrogen (secondary N) is 1. The molecule has 244 valence electrons. The lowest BCUT2D eigenvalue weighted by Crippen LogP contribution is -2.38. The Labute approximate surface area is 260 Å². The summed E-state index contributed by atoms with van der Waals surface area (Å²) in [6.45, 7) is 16.9. The summed E-state index contributed by atoms with van der Waals surface area (Å²) >= 11 is 0. The molecular formula is C31H51N2O8PS. The van der Waals surface area contributed by atoms with Gasteiger partial charge < -0.3 is 28.6 Å². The predicted molar refractivity (Wildman–Crippen MR) is 172 cm³/mol. The Morgan fingerprint density at radius 2 is 1.63 bits per heavy atom. The van der Waals surface area contributed by atoms with Crippen molar-refractivity contribution in [3.05, 3.63) is 54.1 Å². The number of hydrogen-bond donors (Lipinski definition) is 1. The maximum atomic E-state index is 13.6. The van der Waals surface area contributed by atoms with Gasteiger partial charge in [0.25, 0.3) is 0 Å². The SMILES string of the molecule is CCOP(COc1cc(S(=O)(=O)N(CCCNC(=O)OC(C)(C)C)CC(C)C)ccc1OC)OCC.Cc1ccccc1. The summed E-state index contributed by atoms with van der Waals surface area (Å²) in [5.74, 6) is 0.809. The number of amides is 1. The Balaban J connectivity index is 0.00000115. The molecule has 0 atom stereocenters. The van der Waals surface area contributed by atoms with E-state index >= 15 is 0 Å². The molecule has 0 radical (unpaired) electrons. The highest BCUT2D eigenvalue weighted by Gasteiger charge is 2.27. The van der Waals surface area contributed by atoms with E-state index in [4.69, 9.17) is 23.3 Å². The van der Waals surface area contributed by atoms with Gasteiger partial charge >= 0.3 is 6.09 Å². The van der Waals surface area contributed by atoms with Crippen molar-refractivity contribution in [2.45, 2.75) is 72.3 Å². The number of sulfonamides is 1. The summed E-state index contributed by atoms with van der Waals surface area (Å²) in [5, 5.41) is 2.67. The van der Waals surface area contributed by atoms with Crippen molar-refractivity contribution >= 4 is 24.5 Å². The second-order valence-corrected chi connectivity index (χ2v) is 14.3. The number of carbonyl (C=O) groups is 1. The van der Waals surface area contributed by atoms with Crippen LogP contribution in [0.2, 0.25) is 0 Å². The van der Waals surface area contributed by atoms with Gasteiger partial charge in [0.2, 0.25) is 18.4 Å². The maximum absolute atomic E-state index is 13.6. The first kappa shape index (κ1) is 38.6. The Bertz CT molecular complexity index is 1170. The molecule has 0 heterocycles. The predicted octanol–water partition coefficient (Wildman–Crippen LogP) is 6.97. The molecule has 0 unspecified atom stereocenters. The van der Waals surface area contributed by atoms with Crippen LogP contribution >= 0.6 is 8.38 Å². The third-order valence-corrected chi connectivity index (χ3v) is 8.70. The average Bonchev–Trinajstić information content (AvgIpc) is 2.93. The summed E-state index contributed by atoms with van der Waals surface area (Å²) in [6, 6.07) is 14.8. The van der Waals surface area contributed by atoms with Crippen molar-refractivity contribution in [3.63, 3.8) is 0 Å². The molecule has 0 aromatic heterocycles. The highest BCUT2D eigenvalue weighted by molar-refractivity contribution is 7.89. The zero-order valence-electron chi connectivity index (χ0n) is 27.2. The molecule has 10 nitrogen and oxygen atoms in total. The largest absolute Gasteiger partial charge is 0.493 e. The average molecular weight is 643 g/mol. The summed E-state index contributed by atoms with van der Waals surface area (Å²) in [4.78, 5) is 12.0. The Morgan fingerprint density at radius 1 is 1.00 bits per heavy atom. The summed E-state index contributed by atoms with van der Waals surface area (Å²) in [6.07, 6.45) is 0.0393. The first-order valence-corrected chi connectivity index (χ1v) is 17.4. The topological polar surface area (TPSA) is 113 Å². The van der Waals surface area contributed by atoms with E-state index in [-0.39, 0.29) is 30.3 Å². The second kappa shape index (κ2) is 19.8. The van der Waals surface area contributed by atoms with Crippen molar-refractivity contribution in [3.8, 4) is 11.5 Å². The molecule has 0 fully saturated rings. The van der Waals surface area contributed by atoms with E-state index in [1.54, 1.807) is 26.8 Å². The number of alkyl carbamates (subject to hydrolysis) is 1. The van der Waals surface area contributed by atoms with Crippen LogP contribution in [0.4, 0.5) is 4.79 Å². The van der Waals surface area contributed by atoms with E-state index in [2.05, 4.69) is 24.4 Å². The number of aryl methyl sites for hydroxylation is 1. The number of carbonyl (C=O) groups excluding carboxylic acids is 1. The van der Waals surface area contributed by atoms with Gasteiger partial charge in [-0.05, 0) is 66.0 Å². The van der Waals surface area contributed by atoms with Crippen LogP contribution in [-0.2, 0) is 23.8 Å². The van der Waals surface area contributed by atoms with Crippen molar-refractivity contribution in [1.29, 1.82) is 0 Å². The molecule has 1 N–H and O–H groups in total. The molecule has 0 aliphatic rings. The lowest BCUT2D eigenvalue weighted by molar-refractivity contribution is 0.0526. The molecular weight excluding hydrogens is 591 g/mol. The fourth-order valence-electron chi connectivity index (χ4n) is 3.61. The fraction of sp³-hybridized carbons (Fsp3) is 0.581. The molecule has 0 aliphatic carbocycles. The third kappa shape index (κ3) is 15.7. The van der Waals surface area contributed by atoms with Crippen LogP contribution in [0.3, 0.4) is 0 Å². The summed E-state index contributed by atoms with van der Waals surface area (Å²) in [5.41, 5.74) is 0.722. The van der Waals surface area contributed by atoms with Gasteiger partial charge in [-0.1, -0.05) is 49.7 Å². The van der Waals surface area contributed by atoms with Gasteiger partial charge in [0.1, 0.15) is 5.60 Å². The minimum atomic E-state index is -3.84.